The van der Waals surface area contributed by atoms with Crippen molar-refractivity contribution < 1.29 is 0 Å². The summed E-state index contributed by atoms with van der Waals surface area (Å²) >= 11 is 0. The molecule has 0 amide bonds. The number of fused-ring (bicyclic) bond motifs is 1. The first-order valence-corrected chi connectivity index (χ1v) is 4.71. The van der Waals surface area contributed by atoms with Gasteiger partial charge < -0.3 is 5.73 Å². The van der Waals surface area contributed by atoms with Crippen LogP contribution in [0.25, 0.3) is 0 Å². The van der Waals surface area contributed by atoms with Crippen molar-refractivity contribution in [3.63, 3.8) is 0 Å². The molecular formula is C11H14N2. The maximum absolute atomic E-state index is 7.50. The van der Waals surface area contributed by atoms with Gasteiger partial charge in [0.1, 0.15) is 0 Å². The minimum absolute atomic E-state index is 0.171. The molecule has 0 saturated carbocycles. The van der Waals surface area contributed by atoms with Gasteiger partial charge in [-0.05, 0) is 30.4 Å². The van der Waals surface area contributed by atoms with E-state index in [1.807, 2.05) is 6.07 Å². The second-order valence-corrected chi connectivity index (χ2v) is 3.60. The molecule has 1 aromatic rings. The van der Waals surface area contributed by atoms with Gasteiger partial charge in [-0.3, -0.25) is 5.41 Å². The van der Waals surface area contributed by atoms with E-state index in [1.165, 1.54) is 11.1 Å². The van der Waals surface area contributed by atoms with Gasteiger partial charge in [-0.25, -0.2) is 0 Å². The highest BCUT2D eigenvalue weighted by Gasteiger charge is 2.21. The van der Waals surface area contributed by atoms with Crippen LogP contribution in [0.1, 0.15) is 29.9 Å². The topological polar surface area (TPSA) is 49.9 Å². The second-order valence-electron chi connectivity index (χ2n) is 3.60. The molecule has 0 unspecified atom stereocenters. The molecule has 0 aliphatic heterocycles. The number of rotatable bonds is 1. The summed E-state index contributed by atoms with van der Waals surface area (Å²) in [6.07, 6.45) is 3.33. The zero-order valence-electron chi connectivity index (χ0n) is 7.59. The molecule has 3 N–H and O–H groups in total. The van der Waals surface area contributed by atoms with E-state index < -0.39 is 0 Å². The van der Waals surface area contributed by atoms with Crippen LogP contribution in [0.2, 0.25) is 0 Å². The molecule has 1 aliphatic carbocycles. The molecule has 2 rings (SSSR count). The quantitative estimate of drug-likeness (QED) is 0.497. The molecule has 2 heteroatoms. The predicted molar refractivity (Wildman–Crippen MR) is 54.0 cm³/mol. The van der Waals surface area contributed by atoms with E-state index >= 15 is 0 Å². The second kappa shape index (κ2) is 3.21. The lowest BCUT2D eigenvalue weighted by atomic mass is 9.82. The van der Waals surface area contributed by atoms with Crippen LogP contribution in [0.3, 0.4) is 0 Å². The van der Waals surface area contributed by atoms with Gasteiger partial charge >= 0.3 is 0 Å². The molecular weight excluding hydrogens is 160 g/mol. The van der Waals surface area contributed by atoms with Gasteiger partial charge in [-0.2, -0.15) is 0 Å². The lowest BCUT2D eigenvalue weighted by molar-refractivity contribution is 0.645. The minimum atomic E-state index is 0.171. The molecule has 0 radical (unpaired) electrons. The van der Waals surface area contributed by atoms with Crippen LogP contribution in [0.15, 0.2) is 24.3 Å². The van der Waals surface area contributed by atoms with Gasteiger partial charge in [-0.15, -0.1) is 0 Å². The van der Waals surface area contributed by atoms with Crippen molar-refractivity contribution in [2.45, 2.75) is 25.2 Å². The maximum atomic E-state index is 7.50. The summed E-state index contributed by atoms with van der Waals surface area (Å²) in [6, 6.07) is 8.33. The zero-order valence-corrected chi connectivity index (χ0v) is 7.59. The van der Waals surface area contributed by atoms with Crippen molar-refractivity contribution in [2.75, 3.05) is 0 Å². The number of hydrogen-bond donors (Lipinski definition) is 2. The summed E-state index contributed by atoms with van der Waals surface area (Å²) in [5.74, 6) is 0.483. The molecule has 1 aliphatic rings. The molecule has 1 atom stereocenters. The Kier molecular flexibility index (Phi) is 2.05. The first-order valence-electron chi connectivity index (χ1n) is 4.71. The molecule has 0 spiro atoms. The van der Waals surface area contributed by atoms with Crippen LogP contribution >= 0.6 is 0 Å². The van der Waals surface area contributed by atoms with E-state index in [4.69, 9.17) is 11.1 Å². The Morgan fingerprint density at radius 2 is 2.15 bits per heavy atom. The minimum Gasteiger partial charge on any atom is -0.387 e. The first-order chi connectivity index (χ1) is 6.29. The summed E-state index contributed by atoms with van der Waals surface area (Å²) in [5.41, 5.74) is 8.20. The molecule has 1 aromatic carbocycles. The average molecular weight is 174 g/mol. The van der Waals surface area contributed by atoms with E-state index in [1.54, 1.807) is 0 Å². The van der Waals surface area contributed by atoms with E-state index in [2.05, 4.69) is 18.2 Å². The number of nitrogens with two attached hydrogens (primary N) is 1. The third kappa shape index (κ3) is 1.44. The number of amidine groups is 1. The summed E-state index contributed by atoms with van der Waals surface area (Å²) < 4.78 is 0. The monoisotopic (exact) mass is 174 g/mol. The molecule has 13 heavy (non-hydrogen) atoms. The molecule has 68 valence electrons. The van der Waals surface area contributed by atoms with Crippen LogP contribution in [-0.2, 0) is 6.42 Å². The summed E-state index contributed by atoms with van der Waals surface area (Å²) in [4.78, 5) is 0. The molecule has 2 nitrogen and oxygen atoms in total. The third-order valence-electron chi connectivity index (χ3n) is 2.74. The van der Waals surface area contributed by atoms with Crippen molar-refractivity contribution in [1.29, 1.82) is 5.41 Å². The van der Waals surface area contributed by atoms with Gasteiger partial charge in [0.15, 0.2) is 0 Å². The molecule has 0 fully saturated rings. The van der Waals surface area contributed by atoms with E-state index in [-0.39, 0.29) is 5.92 Å². The Morgan fingerprint density at radius 1 is 1.38 bits per heavy atom. The zero-order chi connectivity index (χ0) is 9.26. The number of nitrogens with one attached hydrogen (secondary N) is 1. The molecule has 0 saturated heterocycles. The van der Waals surface area contributed by atoms with E-state index in [9.17, 15) is 0 Å². The number of hydrogen-bond acceptors (Lipinski definition) is 1. The first kappa shape index (κ1) is 8.30. The molecule has 0 bridgehead atoms. The third-order valence-corrected chi connectivity index (χ3v) is 2.74. The fourth-order valence-corrected chi connectivity index (χ4v) is 2.08. The summed E-state index contributed by atoms with van der Waals surface area (Å²) in [6.45, 7) is 0. The van der Waals surface area contributed by atoms with Crippen LogP contribution in [0, 0.1) is 5.41 Å². The van der Waals surface area contributed by atoms with Crippen molar-refractivity contribution in [3.8, 4) is 0 Å². The van der Waals surface area contributed by atoms with Crippen molar-refractivity contribution >= 4 is 5.84 Å². The van der Waals surface area contributed by atoms with Crippen molar-refractivity contribution in [2.24, 2.45) is 5.73 Å². The smallest absolute Gasteiger partial charge is 0.0982 e. The Morgan fingerprint density at radius 3 is 2.92 bits per heavy atom. The van der Waals surface area contributed by atoms with Crippen LogP contribution in [0.4, 0.5) is 0 Å². The predicted octanol–water partition coefficient (Wildman–Crippen LogP) is 2.04. The van der Waals surface area contributed by atoms with Gasteiger partial charge in [0.2, 0.25) is 0 Å². The van der Waals surface area contributed by atoms with Gasteiger partial charge in [0, 0.05) is 5.92 Å². The van der Waals surface area contributed by atoms with Crippen molar-refractivity contribution in [3.05, 3.63) is 35.4 Å². The molecule has 0 aromatic heterocycles. The lowest BCUT2D eigenvalue weighted by Crippen LogP contribution is -2.24. The Balaban J connectivity index is 2.42. The fourth-order valence-electron chi connectivity index (χ4n) is 2.08. The van der Waals surface area contributed by atoms with E-state index in [0.29, 0.717) is 5.84 Å². The lowest BCUT2D eigenvalue weighted by Gasteiger charge is -2.24. The van der Waals surface area contributed by atoms with Gasteiger partial charge in [-0.1, -0.05) is 24.3 Å². The SMILES string of the molecule is N=C(N)[C@@H]1CCCc2ccccc21. The van der Waals surface area contributed by atoms with Crippen LogP contribution in [-0.4, -0.2) is 5.84 Å². The summed E-state index contributed by atoms with van der Waals surface area (Å²) in [7, 11) is 0. The normalized spacial score (nSPS) is 20.8. The van der Waals surface area contributed by atoms with E-state index in [0.717, 1.165) is 19.3 Å². The maximum Gasteiger partial charge on any atom is 0.0982 e. The van der Waals surface area contributed by atoms with Crippen LogP contribution < -0.4 is 5.73 Å². The summed E-state index contributed by atoms with van der Waals surface area (Å²) in [5, 5.41) is 7.50. The van der Waals surface area contributed by atoms with Crippen LogP contribution in [0.5, 0.6) is 0 Å². The highest BCUT2D eigenvalue weighted by atomic mass is 14.7. The average Bonchev–Trinajstić information content (AvgIpc) is 2.17. The van der Waals surface area contributed by atoms with Gasteiger partial charge in [0.25, 0.3) is 0 Å². The Bertz CT molecular complexity index is 331. The number of benzene rings is 1. The van der Waals surface area contributed by atoms with Gasteiger partial charge in [0.05, 0.1) is 5.84 Å². The van der Waals surface area contributed by atoms with Crippen molar-refractivity contribution in [1.82, 2.24) is 0 Å². The Hall–Kier alpha value is -1.31. The highest BCUT2D eigenvalue weighted by molar-refractivity contribution is 5.85. The molecule has 0 heterocycles. The Labute approximate surface area is 78.3 Å². The largest absolute Gasteiger partial charge is 0.387 e. The number of aryl methyl sites for hydroxylation is 1. The fraction of sp³-hybridized carbons (Fsp3) is 0.364. The standard InChI is InChI=1S/C11H14N2/c12-11(13)10-7-3-5-8-4-1-2-6-9(8)10/h1-2,4,6,10H,3,5,7H2,(H3,12,13)/t10-/m1/s1. The highest BCUT2D eigenvalue weighted by Crippen LogP contribution is 2.30.